The van der Waals surface area contributed by atoms with Crippen LogP contribution in [0.3, 0.4) is 0 Å². The Labute approximate surface area is 164 Å². The lowest BCUT2D eigenvalue weighted by Gasteiger charge is -2.32. The van der Waals surface area contributed by atoms with Gasteiger partial charge in [-0.15, -0.1) is 0 Å². The van der Waals surface area contributed by atoms with E-state index in [4.69, 9.17) is 5.73 Å². The molecule has 0 fully saturated rings. The molecule has 3 heterocycles. The SMILES string of the molecule is Cn1nc(C(N)=O)c2c1CCN(C(=O)NCCN1CCCc3ccccc31)C2. The zero-order chi connectivity index (χ0) is 19.7. The van der Waals surface area contributed by atoms with Gasteiger partial charge in [-0.3, -0.25) is 9.48 Å². The maximum Gasteiger partial charge on any atom is 0.317 e. The van der Waals surface area contributed by atoms with Crippen molar-refractivity contribution in [3.8, 4) is 0 Å². The van der Waals surface area contributed by atoms with Gasteiger partial charge in [0, 0.05) is 56.6 Å². The molecule has 0 saturated carbocycles. The van der Waals surface area contributed by atoms with Gasteiger partial charge in [0.15, 0.2) is 5.69 Å². The summed E-state index contributed by atoms with van der Waals surface area (Å²) in [4.78, 5) is 28.3. The van der Waals surface area contributed by atoms with Crippen molar-refractivity contribution in [1.82, 2.24) is 20.0 Å². The van der Waals surface area contributed by atoms with Gasteiger partial charge in [0.25, 0.3) is 5.91 Å². The van der Waals surface area contributed by atoms with Gasteiger partial charge in [-0.25, -0.2) is 4.79 Å². The van der Waals surface area contributed by atoms with Crippen LogP contribution in [-0.2, 0) is 26.4 Å². The lowest BCUT2D eigenvalue weighted by Crippen LogP contribution is -2.45. The first-order valence-corrected chi connectivity index (χ1v) is 9.75. The number of benzene rings is 1. The topological polar surface area (TPSA) is 96.5 Å². The van der Waals surface area contributed by atoms with Crippen LogP contribution in [0.15, 0.2) is 24.3 Å². The summed E-state index contributed by atoms with van der Waals surface area (Å²) < 4.78 is 1.69. The van der Waals surface area contributed by atoms with E-state index < -0.39 is 5.91 Å². The highest BCUT2D eigenvalue weighted by Gasteiger charge is 2.28. The van der Waals surface area contributed by atoms with Crippen LogP contribution in [0.2, 0.25) is 0 Å². The molecule has 148 valence electrons. The Bertz CT molecular complexity index is 906. The molecule has 2 aliphatic rings. The van der Waals surface area contributed by atoms with Crippen molar-refractivity contribution < 1.29 is 9.59 Å². The standard InChI is InChI=1S/C20H26N6O2/c1-24-17-8-11-26(13-15(17)18(23-24)19(21)27)20(28)22-9-12-25-10-4-6-14-5-2-3-7-16(14)25/h2-3,5,7H,4,6,8-13H2,1H3,(H2,21,27)(H,22,28). The number of fused-ring (bicyclic) bond motifs is 2. The van der Waals surface area contributed by atoms with Crippen molar-refractivity contribution in [2.75, 3.05) is 31.1 Å². The molecule has 0 radical (unpaired) electrons. The molecule has 4 rings (SSSR count). The average molecular weight is 382 g/mol. The number of amides is 3. The van der Waals surface area contributed by atoms with Crippen LogP contribution in [-0.4, -0.2) is 52.8 Å². The number of para-hydroxylation sites is 1. The van der Waals surface area contributed by atoms with Crippen molar-refractivity contribution in [3.05, 3.63) is 46.8 Å². The molecule has 8 heteroatoms. The first kappa shape index (κ1) is 18.3. The quantitative estimate of drug-likeness (QED) is 0.826. The summed E-state index contributed by atoms with van der Waals surface area (Å²) in [7, 11) is 1.80. The van der Waals surface area contributed by atoms with Gasteiger partial charge in [0.2, 0.25) is 0 Å². The zero-order valence-electron chi connectivity index (χ0n) is 16.1. The highest BCUT2D eigenvalue weighted by Crippen LogP contribution is 2.26. The summed E-state index contributed by atoms with van der Waals surface area (Å²) in [5.74, 6) is -0.553. The Balaban J connectivity index is 1.35. The lowest BCUT2D eigenvalue weighted by molar-refractivity contribution is 0.0992. The molecule has 2 aliphatic heterocycles. The normalized spacial score (nSPS) is 15.8. The first-order valence-electron chi connectivity index (χ1n) is 9.75. The van der Waals surface area contributed by atoms with Gasteiger partial charge in [-0.1, -0.05) is 18.2 Å². The van der Waals surface area contributed by atoms with Crippen LogP contribution in [0.5, 0.6) is 0 Å². The Kier molecular flexibility index (Phi) is 4.93. The molecule has 0 bridgehead atoms. The number of hydrogen-bond acceptors (Lipinski definition) is 4. The summed E-state index contributed by atoms with van der Waals surface area (Å²) in [5.41, 5.74) is 10.1. The number of primary amides is 1. The number of nitrogens with zero attached hydrogens (tertiary/aromatic N) is 4. The van der Waals surface area contributed by atoms with Gasteiger partial charge < -0.3 is 20.9 Å². The third kappa shape index (κ3) is 3.42. The molecule has 28 heavy (non-hydrogen) atoms. The predicted octanol–water partition coefficient (Wildman–Crippen LogP) is 1.04. The minimum atomic E-state index is -0.553. The number of hydrogen-bond donors (Lipinski definition) is 2. The number of carbonyl (C=O) groups excluding carboxylic acids is 2. The summed E-state index contributed by atoms with van der Waals surface area (Å²) in [6.07, 6.45) is 2.91. The van der Waals surface area contributed by atoms with Crippen molar-refractivity contribution in [1.29, 1.82) is 0 Å². The molecule has 0 atom stereocenters. The predicted molar refractivity (Wildman–Crippen MR) is 106 cm³/mol. The molecule has 3 N–H and O–H groups in total. The molecule has 0 saturated heterocycles. The molecule has 0 spiro atoms. The summed E-state index contributed by atoms with van der Waals surface area (Å²) in [5, 5.41) is 7.23. The van der Waals surface area contributed by atoms with E-state index >= 15 is 0 Å². The molecule has 0 aliphatic carbocycles. The number of nitrogens with two attached hydrogens (primary N) is 1. The van der Waals surface area contributed by atoms with Gasteiger partial charge in [0.05, 0.1) is 6.54 Å². The number of nitrogens with one attached hydrogen (secondary N) is 1. The van der Waals surface area contributed by atoms with Gasteiger partial charge in [0.1, 0.15) is 0 Å². The Hall–Kier alpha value is -3.03. The minimum Gasteiger partial charge on any atom is -0.370 e. The zero-order valence-corrected chi connectivity index (χ0v) is 16.1. The van der Waals surface area contributed by atoms with Crippen LogP contribution in [0, 0.1) is 0 Å². The molecular formula is C20H26N6O2. The molecule has 0 unspecified atom stereocenters. The van der Waals surface area contributed by atoms with Crippen LogP contribution >= 0.6 is 0 Å². The Morgan fingerprint density at radius 1 is 1.21 bits per heavy atom. The number of anilines is 1. The maximum atomic E-state index is 12.6. The van der Waals surface area contributed by atoms with Crippen molar-refractivity contribution in [3.63, 3.8) is 0 Å². The fraction of sp³-hybridized carbons (Fsp3) is 0.450. The van der Waals surface area contributed by atoms with E-state index in [1.807, 2.05) is 0 Å². The van der Waals surface area contributed by atoms with Crippen LogP contribution in [0.4, 0.5) is 10.5 Å². The summed E-state index contributed by atoms with van der Waals surface area (Å²) in [6.45, 7) is 3.33. The third-order valence-electron chi connectivity index (χ3n) is 5.63. The van der Waals surface area contributed by atoms with Crippen molar-refractivity contribution >= 4 is 17.6 Å². The van der Waals surface area contributed by atoms with Gasteiger partial charge in [-0.2, -0.15) is 5.10 Å². The van der Waals surface area contributed by atoms with E-state index in [0.29, 0.717) is 26.1 Å². The summed E-state index contributed by atoms with van der Waals surface area (Å²) in [6, 6.07) is 8.35. The summed E-state index contributed by atoms with van der Waals surface area (Å²) >= 11 is 0. The number of aromatic nitrogens is 2. The monoisotopic (exact) mass is 382 g/mol. The van der Waals surface area contributed by atoms with E-state index in [1.165, 1.54) is 11.3 Å². The molecule has 1 aromatic carbocycles. The van der Waals surface area contributed by atoms with Crippen LogP contribution < -0.4 is 16.0 Å². The minimum absolute atomic E-state index is 0.116. The molecule has 3 amide bonds. The van der Waals surface area contributed by atoms with E-state index in [0.717, 1.165) is 37.2 Å². The van der Waals surface area contributed by atoms with E-state index in [2.05, 4.69) is 39.6 Å². The van der Waals surface area contributed by atoms with Crippen molar-refractivity contribution in [2.45, 2.75) is 25.8 Å². The Morgan fingerprint density at radius 3 is 2.86 bits per heavy atom. The largest absolute Gasteiger partial charge is 0.370 e. The third-order valence-corrected chi connectivity index (χ3v) is 5.63. The average Bonchev–Trinajstić information content (AvgIpc) is 3.04. The highest BCUT2D eigenvalue weighted by atomic mass is 16.2. The second kappa shape index (κ2) is 7.53. The maximum absolute atomic E-state index is 12.6. The number of carbonyl (C=O) groups is 2. The fourth-order valence-corrected chi connectivity index (χ4v) is 4.22. The number of aryl methyl sites for hydroxylation is 2. The molecular weight excluding hydrogens is 356 g/mol. The first-order chi connectivity index (χ1) is 13.5. The van der Waals surface area contributed by atoms with Crippen LogP contribution in [0.1, 0.15) is 33.7 Å². The van der Waals surface area contributed by atoms with E-state index in [1.54, 1.807) is 16.6 Å². The second-order valence-corrected chi connectivity index (χ2v) is 7.38. The Morgan fingerprint density at radius 2 is 2.04 bits per heavy atom. The lowest BCUT2D eigenvalue weighted by atomic mass is 10.0. The fourth-order valence-electron chi connectivity index (χ4n) is 4.22. The molecule has 1 aromatic heterocycles. The number of rotatable bonds is 4. The van der Waals surface area contributed by atoms with E-state index in [-0.39, 0.29) is 11.7 Å². The second-order valence-electron chi connectivity index (χ2n) is 7.38. The van der Waals surface area contributed by atoms with Gasteiger partial charge >= 0.3 is 6.03 Å². The van der Waals surface area contributed by atoms with Gasteiger partial charge in [-0.05, 0) is 24.5 Å². The smallest absolute Gasteiger partial charge is 0.317 e. The van der Waals surface area contributed by atoms with E-state index in [9.17, 15) is 9.59 Å². The molecule has 8 nitrogen and oxygen atoms in total. The number of urea groups is 1. The van der Waals surface area contributed by atoms with Crippen LogP contribution in [0.25, 0.3) is 0 Å². The molecule has 2 aromatic rings. The highest BCUT2D eigenvalue weighted by molar-refractivity contribution is 5.92. The van der Waals surface area contributed by atoms with Crippen molar-refractivity contribution in [2.24, 2.45) is 12.8 Å².